The van der Waals surface area contributed by atoms with Gasteiger partial charge in [-0.2, -0.15) is 0 Å². The summed E-state index contributed by atoms with van der Waals surface area (Å²) in [5.74, 6) is -0.193. The lowest BCUT2D eigenvalue weighted by molar-refractivity contribution is -0.138. The van der Waals surface area contributed by atoms with Gasteiger partial charge in [0.1, 0.15) is 0 Å². The first kappa shape index (κ1) is 20.9. The number of unbranched alkanes of at least 4 members (excludes halogenated alkanes) is 2. The van der Waals surface area contributed by atoms with Crippen molar-refractivity contribution < 1.29 is 19.8 Å². The van der Waals surface area contributed by atoms with E-state index < -0.39 is 11.9 Å². The molecule has 0 aliphatic rings. The molecule has 0 rings (SSSR count). The second-order valence-corrected chi connectivity index (χ2v) is 6.38. The van der Waals surface area contributed by atoms with Gasteiger partial charge >= 0.3 is 11.9 Å². The fraction of sp³-hybridized carbons (Fsp3) is 0.889. The molecule has 0 aromatic carbocycles. The highest BCUT2D eigenvalue weighted by atomic mass is 16.4. The summed E-state index contributed by atoms with van der Waals surface area (Å²) in [5.41, 5.74) is 0. The highest BCUT2D eigenvalue weighted by Crippen LogP contribution is 2.32. The van der Waals surface area contributed by atoms with E-state index in [-0.39, 0.29) is 12.8 Å². The van der Waals surface area contributed by atoms with Gasteiger partial charge in [0.25, 0.3) is 0 Å². The van der Waals surface area contributed by atoms with E-state index in [2.05, 4.69) is 13.8 Å². The van der Waals surface area contributed by atoms with Gasteiger partial charge in [-0.1, -0.05) is 58.8 Å². The topological polar surface area (TPSA) is 74.6 Å². The molecule has 0 aliphatic heterocycles. The fourth-order valence-electron chi connectivity index (χ4n) is 3.27. The van der Waals surface area contributed by atoms with Crippen molar-refractivity contribution in [2.45, 2.75) is 90.9 Å². The normalized spacial score (nSPS) is 13.7. The van der Waals surface area contributed by atoms with E-state index in [9.17, 15) is 9.59 Å². The zero-order chi connectivity index (χ0) is 16.8. The molecule has 0 aromatic heterocycles. The van der Waals surface area contributed by atoms with E-state index in [0.29, 0.717) is 11.8 Å². The standard InChI is InChI=1S/C18H34O4/c1-3-5-10-16(12-8-14-18(21)22)15(9-4-2)11-6-7-13-17(19)20/h15-16H,3-14H2,1-2H3,(H,19,20)(H,21,22). The van der Waals surface area contributed by atoms with Crippen LogP contribution in [-0.2, 0) is 9.59 Å². The molecule has 0 heterocycles. The van der Waals surface area contributed by atoms with Crippen molar-refractivity contribution in [3.8, 4) is 0 Å². The minimum absolute atomic E-state index is 0.261. The third-order valence-corrected chi connectivity index (χ3v) is 4.44. The molecule has 2 atom stereocenters. The van der Waals surface area contributed by atoms with Crippen molar-refractivity contribution >= 4 is 11.9 Å². The molecule has 22 heavy (non-hydrogen) atoms. The lowest BCUT2D eigenvalue weighted by Crippen LogP contribution is -2.16. The average molecular weight is 314 g/mol. The molecule has 2 unspecified atom stereocenters. The summed E-state index contributed by atoms with van der Waals surface area (Å²) in [6.45, 7) is 4.38. The molecule has 2 N–H and O–H groups in total. The molecule has 0 saturated carbocycles. The zero-order valence-electron chi connectivity index (χ0n) is 14.4. The van der Waals surface area contributed by atoms with Crippen LogP contribution in [0.15, 0.2) is 0 Å². The minimum Gasteiger partial charge on any atom is -0.481 e. The number of carbonyl (C=O) groups is 2. The second kappa shape index (κ2) is 13.6. The van der Waals surface area contributed by atoms with Crippen molar-refractivity contribution in [1.29, 1.82) is 0 Å². The Balaban J connectivity index is 4.38. The molecule has 0 fully saturated rings. The van der Waals surface area contributed by atoms with Gasteiger partial charge in [-0.25, -0.2) is 0 Å². The predicted octanol–water partition coefficient (Wildman–Crippen LogP) is 5.11. The highest BCUT2D eigenvalue weighted by molar-refractivity contribution is 5.66. The molecule has 0 aliphatic carbocycles. The van der Waals surface area contributed by atoms with Crippen LogP contribution in [0.2, 0.25) is 0 Å². The molecule has 0 radical (unpaired) electrons. The quantitative estimate of drug-likeness (QED) is 0.412. The number of hydrogen-bond acceptors (Lipinski definition) is 2. The summed E-state index contributed by atoms with van der Waals surface area (Å²) in [7, 11) is 0. The summed E-state index contributed by atoms with van der Waals surface area (Å²) in [6, 6.07) is 0. The van der Waals surface area contributed by atoms with E-state index in [1.165, 1.54) is 25.7 Å². The van der Waals surface area contributed by atoms with Crippen LogP contribution in [0.4, 0.5) is 0 Å². The van der Waals surface area contributed by atoms with Crippen molar-refractivity contribution in [2.75, 3.05) is 0 Å². The Morgan fingerprint density at radius 3 is 1.73 bits per heavy atom. The molecular formula is C18H34O4. The van der Waals surface area contributed by atoms with Crippen LogP contribution < -0.4 is 0 Å². The average Bonchev–Trinajstić information content (AvgIpc) is 2.45. The first-order valence-electron chi connectivity index (χ1n) is 8.94. The van der Waals surface area contributed by atoms with Gasteiger partial charge in [0.05, 0.1) is 0 Å². The zero-order valence-corrected chi connectivity index (χ0v) is 14.4. The summed E-state index contributed by atoms with van der Waals surface area (Å²) < 4.78 is 0. The molecule has 0 aromatic rings. The Labute approximate surface area is 135 Å². The largest absolute Gasteiger partial charge is 0.481 e. The maximum Gasteiger partial charge on any atom is 0.303 e. The van der Waals surface area contributed by atoms with Crippen LogP contribution in [0.25, 0.3) is 0 Å². The second-order valence-electron chi connectivity index (χ2n) is 6.38. The third-order valence-electron chi connectivity index (χ3n) is 4.44. The smallest absolute Gasteiger partial charge is 0.303 e. The highest BCUT2D eigenvalue weighted by Gasteiger charge is 2.20. The first-order valence-corrected chi connectivity index (χ1v) is 8.94. The van der Waals surface area contributed by atoms with Crippen molar-refractivity contribution in [1.82, 2.24) is 0 Å². The SMILES string of the molecule is CCCCC(CCCC(=O)O)C(CCC)CCCCC(=O)O. The maximum atomic E-state index is 10.7. The van der Waals surface area contributed by atoms with Crippen molar-refractivity contribution in [3.63, 3.8) is 0 Å². The van der Waals surface area contributed by atoms with E-state index in [4.69, 9.17) is 10.2 Å². The fourth-order valence-corrected chi connectivity index (χ4v) is 3.27. The summed E-state index contributed by atoms with van der Waals surface area (Å²) in [5, 5.41) is 17.5. The number of aliphatic carboxylic acids is 2. The summed E-state index contributed by atoms with van der Waals surface area (Å²) in [6.07, 6.45) is 11.0. The molecule has 0 bridgehead atoms. The number of hydrogen-bond donors (Lipinski definition) is 2. The van der Waals surface area contributed by atoms with E-state index >= 15 is 0 Å². The van der Waals surface area contributed by atoms with Gasteiger partial charge < -0.3 is 10.2 Å². The molecule has 0 spiro atoms. The Morgan fingerprint density at radius 1 is 0.682 bits per heavy atom. The molecular weight excluding hydrogens is 280 g/mol. The summed E-state index contributed by atoms with van der Waals surface area (Å²) >= 11 is 0. The van der Waals surface area contributed by atoms with Crippen molar-refractivity contribution in [2.24, 2.45) is 11.8 Å². The Bertz CT molecular complexity index is 301. The van der Waals surface area contributed by atoms with Gasteiger partial charge in [0.15, 0.2) is 0 Å². The van der Waals surface area contributed by atoms with Crippen molar-refractivity contribution in [3.05, 3.63) is 0 Å². The minimum atomic E-state index is -0.712. The molecule has 4 nitrogen and oxygen atoms in total. The Morgan fingerprint density at radius 2 is 1.18 bits per heavy atom. The number of carboxylic acid groups (broad SMARTS) is 2. The molecule has 0 amide bonds. The van der Waals surface area contributed by atoms with Gasteiger partial charge in [-0.05, 0) is 31.1 Å². The molecule has 130 valence electrons. The summed E-state index contributed by atoms with van der Waals surface area (Å²) in [4.78, 5) is 21.3. The first-order chi connectivity index (χ1) is 10.5. The molecule has 4 heteroatoms. The van der Waals surface area contributed by atoms with E-state index in [0.717, 1.165) is 38.5 Å². The van der Waals surface area contributed by atoms with Gasteiger partial charge in [0.2, 0.25) is 0 Å². The Kier molecular flexibility index (Phi) is 12.9. The van der Waals surface area contributed by atoms with Gasteiger partial charge in [0, 0.05) is 12.8 Å². The number of rotatable bonds is 15. The Hall–Kier alpha value is -1.06. The van der Waals surface area contributed by atoms with Crippen LogP contribution in [-0.4, -0.2) is 22.2 Å². The monoisotopic (exact) mass is 314 g/mol. The van der Waals surface area contributed by atoms with Gasteiger partial charge in [-0.15, -0.1) is 0 Å². The van der Waals surface area contributed by atoms with Crippen LogP contribution in [0.5, 0.6) is 0 Å². The van der Waals surface area contributed by atoms with E-state index in [1.54, 1.807) is 0 Å². The lowest BCUT2D eigenvalue weighted by atomic mass is 9.79. The van der Waals surface area contributed by atoms with Crippen LogP contribution >= 0.6 is 0 Å². The van der Waals surface area contributed by atoms with Crippen LogP contribution in [0.1, 0.15) is 90.9 Å². The number of carboxylic acids is 2. The lowest BCUT2D eigenvalue weighted by Gasteiger charge is -2.27. The third kappa shape index (κ3) is 11.6. The van der Waals surface area contributed by atoms with Crippen LogP contribution in [0, 0.1) is 11.8 Å². The van der Waals surface area contributed by atoms with Gasteiger partial charge in [-0.3, -0.25) is 9.59 Å². The maximum absolute atomic E-state index is 10.7. The van der Waals surface area contributed by atoms with E-state index in [1.807, 2.05) is 0 Å². The predicted molar refractivity (Wildman–Crippen MR) is 89.0 cm³/mol. The molecule has 0 saturated heterocycles. The van der Waals surface area contributed by atoms with Crippen LogP contribution in [0.3, 0.4) is 0 Å².